The first-order chi connectivity index (χ1) is 13.4. The second-order valence-electron chi connectivity index (χ2n) is 6.70. The zero-order chi connectivity index (χ0) is 17.8. The molecule has 0 amide bonds. The Bertz CT molecular complexity index is 1470. The first kappa shape index (κ1) is 14.8. The van der Waals surface area contributed by atoms with Gasteiger partial charge in [0.05, 0.1) is 31.5 Å². The molecule has 4 aromatic carbocycles. The average molecular weight is 362 g/mol. The molecular weight excluding hydrogens is 348 g/mol. The minimum absolute atomic E-state index is 1.01. The van der Waals surface area contributed by atoms with E-state index in [0.717, 1.165) is 27.5 Å². The number of rotatable bonds is 1. The first-order valence-electron chi connectivity index (χ1n) is 8.94. The van der Waals surface area contributed by atoms with Crippen molar-refractivity contribution in [3.8, 4) is 11.1 Å². The Balaban J connectivity index is 1.74. The highest BCUT2D eigenvalue weighted by Gasteiger charge is 2.13. The van der Waals surface area contributed by atoms with Crippen molar-refractivity contribution in [3.63, 3.8) is 0 Å². The molecule has 0 saturated heterocycles. The first-order valence-corrected chi connectivity index (χ1v) is 9.76. The Kier molecular flexibility index (Phi) is 3.07. The van der Waals surface area contributed by atoms with Crippen molar-refractivity contribution in [2.24, 2.45) is 0 Å². The zero-order valence-electron chi connectivity index (χ0n) is 14.4. The molecule has 0 radical (unpaired) electrons. The molecular formula is C24H14N2S. The third-order valence-corrected chi connectivity index (χ3v) is 6.16. The van der Waals surface area contributed by atoms with E-state index >= 15 is 0 Å². The van der Waals surface area contributed by atoms with Crippen molar-refractivity contribution in [1.29, 1.82) is 0 Å². The van der Waals surface area contributed by atoms with Crippen LogP contribution in [0.25, 0.3) is 53.4 Å². The summed E-state index contributed by atoms with van der Waals surface area (Å²) in [6, 6.07) is 29.6. The molecule has 0 aliphatic heterocycles. The van der Waals surface area contributed by atoms with Crippen LogP contribution in [0.4, 0.5) is 0 Å². The van der Waals surface area contributed by atoms with Gasteiger partial charge in [-0.3, -0.25) is 0 Å². The van der Waals surface area contributed by atoms with Crippen molar-refractivity contribution in [3.05, 3.63) is 84.9 Å². The summed E-state index contributed by atoms with van der Waals surface area (Å²) < 4.78 is 2.40. The molecule has 0 N–H and O–H groups in total. The minimum Gasteiger partial charge on any atom is -0.248 e. The molecule has 0 atom stereocenters. The standard InChI is InChI=1S/C24H14N2S/c1-2-6-15(7-3-1)16-10-11-18-17(14-16)23-20(25-18)12-13-22-24(23)26-19-8-4-5-9-21(19)27-22/h1-14H. The predicted molar refractivity (Wildman–Crippen MR) is 115 cm³/mol. The fraction of sp³-hybridized carbons (Fsp3) is 0. The second kappa shape index (κ2) is 5.60. The average Bonchev–Trinajstić information content (AvgIpc) is 3.11. The number of para-hydroxylation sites is 1. The van der Waals surface area contributed by atoms with Crippen LogP contribution in [0, 0.1) is 0 Å². The Labute approximate surface area is 159 Å². The Morgan fingerprint density at radius 1 is 0.556 bits per heavy atom. The Morgan fingerprint density at radius 3 is 2.30 bits per heavy atom. The Morgan fingerprint density at radius 2 is 1.37 bits per heavy atom. The highest BCUT2D eigenvalue weighted by Crippen LogP contribution is 2.36. The summed E-state index contributed by atoms with van der Waals surface area (Å²) in [6.07, 6.45) is 0. The summed E-state index contributed by atoms with van der Waals surface area (Å²) in [6.45, 7) is 0. The fourth-order valence-corrected chi connectivity index (χ4v) is 4.74. The van der Waals surface area contributed by atoms with E-state index in [-0.39, 0.29) is 0 Å². The molecule has 0 aliphatic rings. The molecule has 0 aliphatic carbocycles. The summed E-state index contributed by atoms with van der Waals surface area (Å²) in [7, 11) is 0. The van der Waals surface area contributed by atoms with E-state index in [9.17, 15) is 0 Å². The third-order valence-electron chi connectivity index (χ3n) is 5.05. The molecule has 6 aromatic rings. The van der Waals surface area contributed by atoms with Gasteiger partial charge < -0.3 is 0 Å². The maximum Gasteiger partial charge on any atom is 0.0910 e. The number of nitrogens with zero attached hydrogens (tertiary/aromatic N) is 2. The quantitative estimate of drug-likeness (QED) is 0.300. The molecule has 2 heterocycles. The molecule has 27 heavy (non-hydrogen) atoms. The number of hydrogen-bond donors (Lipinski definition) is 0. The van der Waals surface area contributed by atoms with Gasteiger partial charge in [-0.15, -0.1) is 11.3 Å². The van der Waals surface area contributed by atoms with Crippen LogP contribution in [0.1, 0.15) is 0 Å². The molecule has 126 valence electrons. The lowest BCUT2D eigenvalue weighted by Crippen LogP contribution is -1.81. The predicted octanol–water partition coefficient (Wildman–Crippen LogP) is 6.82. The van der Waals surface area contributed by atoms with Crippen LogP contribution in [0.2, 0.25) is 0 Å². The highest BCUT2D eigenvalue weighted by molar-refractivity contribution is 7.24. The fourth-order valence-electron chi connectivity index (χ4n) is 3.76. The topological polar surface area (TPSA) is 25.8 Å². The van der Waals surface area contributed by atoms with E-state index in [2.05, 4.69) is 72.8 Å². The van der Waals surface area contributed by atoms with E-state index in [0.29, 0.717) is 0 Å². The van der Waals surface area contributed by atoms with Crippen molar-refractivity contribution >= 4 is 53.6 Å². The molecule has 0 fully saturated rings. The SMILES string of the molecule is c1ccc(-c2ccc3nc4ccc5sc6ccccc6nc5c4c3c2)cc1. The van der Waals surface area contributed by atoms with Gasteiger partial charge in [-0.05, 0) is 47.5 Å². The molecule has 0 unspecified atom stereocenters. The normalized spacial score (nSPS) is 11.7. The number of aromatic nitrogens is 2. The van der Waals surface area contributed by atoms with E-state index in [1.165, 1.54) is 25.9 Å². The van der Waals surface area contributed by atoms with Crippen LogP contribution in [0.15, 0.2) is 84.9 Å². The molecule has 0 spiro atoms. The molecule has 0 saturated carbocycles. The van der Waals surface area contributed by atoms with Gasteiger partial charge in [0.15, 0.2) is 0 Å². The van der Waals surface area contributed by atoms with Crippen molar-refractivity contribution in [2.75, 3.05) is 0 Å². The van der Waals surface area contributed by atoms with Gasteiger partial charge in [-0.25, -0.2) is 9.97 Å². The van der Waals surface area contributed by atoms with E-state index in [1.54, 1.807) is 11.3 Å². The van der Waals surface area contributed by atoms with Crippen LogP contribution in [0.5, 0.6) is 0 Å². The Hall–Kier alpha value is -3.30. The van der Waals surface area contributed by atoms with Gasteiger partial charge in [0.25, 0.3) is 0 Å². The van der Waals surface area contributed by atoms with E-state index < -0.39 is 0 Å². The van der Waals surface area contributed by atoms with Crippen LogP contribution in [0.3, 0.4) is 0 Å². The molecule has 2 aromatic heterocycles. The van der Waals surface area contributed by atoms with Gasteiger partial charge >= 0.3 is 0 Å². The third kappa shape index (κ3) is 2.25. The van der Waals surface area contributed by atoms with Crippen molar-refractivity contribution < 1.29 is 0 Å². The zero-order valence-corrected chi connectivity index (χ0v) is 15.2. The minimum atomic E-state index is 1.01. The lowest BCUT2D eigenvalue weighted by atomic mass is 10.0. The number of hydrogen-bond acceptors (Lipinski definition) is 3. The molecule has 6 rings (SSSR count). The van der Waals surface area contributed by atoms with Gasteiger partial charge in [-0.1, -0.05) is 48.5 Å². The van der Waals surface area contributed by atoms with Gasteiger partial charge in [0.1, 0.15) is 0 Å². The maximum atomic E-state index is 5.00. The summed E-state index contributed by atoms with van der Waals surface area (Å²) in [5.41, 5.74) is 6.55. The number of benzene rings is 4. The lowest BCUT2D eigenvalue weighted by molar-refractivity contribution is 1.53. The monoisotopic (exact) mass is 362 g/mol. The number of fused-ring (bicyclic) bond motifs is 6. The van der Waals surface area contributed by atoms with E-state index in [4.69, 9.17) is 9.97 Å². The summed E-state index contributed by atoms with van der Waals surface area (Å²) >= 11 is 1.79. The van der Waals surface area contributed by atoms with Gasteiger partial charge in [0.2, 0.25) is 0 Å². The van der Waals surface area contributed by atoms with Gasteiger partial charge in [-0.2, -0.15) is 0 Å². The van der Waals surface area contributed by atoms with Crippen LogP contribution >= 0.6 is 11.3 Å². The maximum absolute atomic E-state index is 5.00. The van der Waals surface area contributed by atoms with Gasteiger partial charge in [0, 0.05) is 10.8 Å². The highest BCUT2D eigenvalue weighted by atomic mass is 32.1. The summed E-state index contributed by atoms with van der Waals surface area (Å²) in [5, 5.41) is 2.33. The van der Waals surface area contributed by atoms with Crippen LogP contribution in [-0.4, -0.2) is 9.97 Å². The van der Waals surface area contributed by atoms with Crippen molar-refractivity contribution in [1.82, 2.24) is 9.97 Å². The summed E-state index contributed by atoms with van der Waals surface area (Å²) in [4.78, 5) is 9.85. The van der Waals surface area contributed by atoms with Crippen molar-refractivity contribution in [2.45, 2.75) is 0 Å². The van der Waals surface area contributed by atoms with E-state index in [1.807, 2.05) is 12.1 Å². The summed E-state index contributed by atoms with van der Waals surface area (Å²) in [5.74, 6) is 0. The largest absolute Gasteiger partial charge is 0.248 e. The lowest BCUT2D eigenvalue weighted by Gasteiger charge is -2.04. The molecule has 0 bridgehead atoms. The second-order valence-corrected chi connectivity index (χ2v) is 7.78. The molecule has 2 nitrogen and oxygen atoms in total. The van der Waals surface area contributed by atoms with Crippen LogP contribution < -0.4 is 0 Å². The van der Waals surface area contributed by atoms with Crippen LogP contribution in [-0.2, 0) is 0 Å². The molecule has 3 heteroatoms. The smallest absolute Gasteiger partial charge is 0.0910 e.